The molecule has 18 heavy (non-hydrogen) atoms. The van der Waals surface area contributed by atoms with Crippen molar-refractivity contribution in [1.29, 1.82) is 5.26 Å². The first-order chi connectivity index (χ1) is 8.54. The van der Waals surface area contributed by atoms with Crippen LogP contribution in [0.4, 0.5) is 5.69 Å². The molecule has 5 nitrogen and oxygen atoms in total. The molecule has 6 heteroatoms. The van der Waals surface area contributed by atoms with Crippen molar-refractivity contribution in [3.05, 3.63) is 28.8 Å². The average Bonchev–Trinajstić information content (AvgIpc) is 2.54. The molecule has 0 spiro atoms. The number of amides is 2. The van der Waals surface area contributed by atoms with E-state index in [1.807, 2.05) is 6.07 Å². The van der Waals surface area contributed by atoms with E-state index >= 15 is 0 Å². The lowest BCUT2D eigenvalue weighted by atomic mass is 10.1. The van der Waals surface area contributed by atoms with Crippen molar-refractivity contribution in [2.45, 2.75) is 13.0 Å². The predicted molar refractivity (Wildman–Crippen MR) is 66.0 cm³/mol. The fourth-order valence-corrected chi connectivity index (χ4v) is 2.17. The smallest absolute Gasteiger partial charge is 0.255 e. The number of carbonyl (C=O) groups is 2. The SMILES string of the molecule is CC(=O)N[C@@H]1C(=O)N(CC#N)c2ccc(Cl)cc21. The number of anilines is 1. The molecule has 0 saturated heterocycles. The minimum atomic E-state index is -0.760. The molecule has 2 amide bonds. The van der Waals surface area contributed by atoms with Crippen molar-refractivity contribution in [3.63, 3.8) is 0 Å². The Bertz CT molecular complexity index is 565. The maximum absolute atomic E-state index is 12.1. The molecule has 92 valence electrons. The van der Waals surface area contributed by atoms with Crippen LogP contribution in [0, 0.1) is 11.3 Å². The van der Waals surface area contributed by atoms with Gasteiger partial charge in [0.1, 0.15) is 12.6 Å². The number of hydrogen-bond donors (Lipinski definition) is 1. The van der Waals surface area contributed by atoms with Gasteiger partial charge in [0, 0.05) is 17.5 Å². The molecule has 1 aromatic rings. The molecule has 2 rings (SSSR count). The first kappa shape index (κ1) is 12.4. The van der Waals surface area contributed by atoms with Crippen LogP contribution in [0.25, 0.3) is 0 Å². The summed E-state index contributed by atoms with van der Waals surface area (Å²) in [5, 5.41) is 11.8. The van der Waals surface area contributed by atoms with E-state index in [1.165, 1.54) is 11.8 Å². The Hall–Kier alpha value is -2.06. The van der Waals surface area contributed by atoms with Gasteiger partial charge in [-0.1, -0.05) is 11.6 Å². The first-order valence-corrected chi connectivity index (χ1v) is 5.67. The van der Waals surface area contributed by atoms with Crippen molar-refractivity contribution in [2.24, 2.45) is 0 Å². The van der Waals surface area contributed by atoms with Crippen LogP contribution in [-0.4, -0.2) is 18.4 Å². The minimum Gasteiger partial charge on any atom is -0.341 e. The van der Waals surface area contributed by atoms with Gasteiger partial charge in [-0.15, -0.1) is 0 Å². The van der Waals surface area contributed by atoms with Gasteiger partial charge in [-0.2, -0.15) is 5.26 Å². The topological polar surface area (TPSA) is 73.2 Å². The summed E-state index contributed by atoms with van der Waals surface area (Å²) < 4.78 is 0. The molecular weight excluding hydrogens is 254 g/mol. The van der Waals surface area contributed by atoms with Crippen molar-refractivity contribution >= 4 is 29.1 Å². The summed E-state index contributed by atoms with van der Waals surface area (Å²) >= 11 is 5.89. The molecular formula is C12H10ClN3O2. The highest BCUT2D eigenvalue weighted by Crippen LogP contribution is 2.37. The van der Waals surface area contributed by atoms with E-state index in [4.69, 9.17) is 16.9 Å². The van der Waals surface area contributed by atoms with Crippen LogP contribution in [0.3, 0.4) is 0 Å². The van der Waals surface area contributed by atoms with Crippen molar-refractivity contribution in [1.82, 2.24) is 5.32 Å². The molecule has 0 radical (unpaired) electrons. The van der Waals surface area contributed by atoms with Gasteiger partial charge in [0.25, 0.3) is 5.91 Å². The van der Waals surface area contributed by atoms with E-state index in [0.29, 0.717) is 16.3 Å². The van der Waals surface area contributed by atoms with Gasteiger partial charge in [-0.25, -0.2) is 0 Å². The van der Waals surface area contributed by atoms with E-state index in [1.54, 1.807) is 18.2 Å². The van der Waals surface area contributed by atoms with E-state index in [9.17, 15) is 9.59 Å². The fourth-order valence-electron chi connectivity index (χ4n) is 1.99. The van der Waals surface area contributed by atoms with Crippen LogP contribution in [0.2, 0.25) is 5.02 Å². The van der Waals surface area contributed by atoms with Gasteiger partial charge >= 0.3 is 0 Å². The third kappa shape index (κ3) is 2.03. The lowest BCUT2D eigenvalue weighted by Crippen LogP contribution is -2.36. The number of halogens is 1. The molecule has 0 unspecified atom stereocenters. The highest BCUT2D eigenvalue weighted by molar-refractivity contribution is 6.31. The van der Waals surface area contributed by atoms with Gasteiger partial charge in [0.15, 0.2) is 0 Å². The quantitative estimate of drug-likeness (QED) is 0.820. The summed E-state index contributed by atoms with van der Waals surface area (Å²) in [6, 6.07) is 6.12. The zero-order valence-corrected chi connectivity index (χ0v) is 10.4. The Morgan fingerprint density at radius 1 is 1.61 bits per heavy atom. The summed E-state index contributed by atoms with van der Waals surface area (Å²) in [6.45, 7) is 1.29. The van der Waals surface area contributed by atoms with E-state index in [2.05, 4.69) is 5.32 Å². The second kappa shape index (κ2) is 4.67. The van der Waals surface area contributed by atoms with Crippen LogP contribution in [-0.2, 0) is 9.59 Å². The van der Waals surface area contributed by atoms with Gasteiger partial charge < -0.3 is 5.32 Å². The predicted octanol–water partition coefficient (Wildman–Crippen LogP) is 1.39. The standard InChI is InChI=1S/C12H10ClN3O2/c1-7(17)15-11-9-6-8(13)2-3-10(9)16(5-4-14)12(11)18/h2-3,6,11H,5H2,1H3,(H,15,17)/t11-/m0/s1. The largest absolute Gasteiger partial charge is 0.341 e. The molecule has 1 atom stereocenters. The Labute approximate surface area is 109 Å². The lowest BCUT2D eigenvalue weighted by Gasteiger charge is -2.13. The third-order valence-corrected chi connectivity index (χ3v) is 2.92. The number of benzene rings is 1. The normalized spacial score (nSPS) is 17.3. The highest BCUT2D eigenvalue weighted by Gasteiger charge is 2.37. The lowest BCUT2D eigenvalue weighted by molar-refractivity contribution is -0.126. The van der Waals surface area contributed by atoms with Crippen molar-refractivity contribution in [3.8, 4) is 6.07 Å². The molecule has 0 bridgehead atoms. The minimum absolute atomic E-state index is 0.0520. The number of nitriles is 1. The Morgan fingerprint density at radius 3 is 2.94 bits per heavy atom. The molecule has 1 aliphatic heterocycles. The van der Waals surface area contributed by atoms with Gasteiger partial charge in [0.2, 0.25) is 5.91 Å². The van der Waals surface area contributed by atoms with Crippen molar-refractivity contribution in [2.75, 3.05) is 11.4 Å². The molecule has 1 aromatic carbocycles. The number of carbonyl (C=O) groups excluding carboxylic acids is 2. The van der Waals surface area contributed by atoms with Crippen LogP contribution in [0.15, 0.2) is 18.2 Å². The van der Waals surface area contributed by atoms with E-state index < -0.39 is 6.04 Å². The Balaban J connectivity index is 2.47. The first-order valence-electron chi connectivity index (χ1n) is 5.29. The van der Waals surface area contributed by atoms with Crippen LogP contribution in [0.1, 0.15) is 18.5 Å². The monoisotopic (exact) mass is 263 g/mol. The van der Waals surface area contributed by atoms with Gasteiger partial charge in [0.05, 0.1) is 11.8 Å². The summed E-state index contributed by atoms with van der Waals surface area (Å²) in [5.74, 6) is -0.623. The maximum Gasteiger partial charge on any atom is 0.255 e. The van der Waals surface area contributed by atoms with Gasteiger partial charge in [-0.3, -0.25) is 14.5 Å². The van der Waals surface area contributed by atoms with Crippen molar-refractivity contribution < 1.29 is 9.59 Å². The molecule has 0 saturated carbocycles. The molecule has 0 aromatic heterocycles. The van der Waals surface area contributed by atoms with E-state index in [-0.39, 0.29) is 18.4 Å². The summed E-state index contributed by atoms with van der Waals surface area (Å²) in [4.78, 5) is 24.6. The zero-order valence-electron chi connectivity index (χ0n) is 9.61. The summed E-state index contributed by atoms with van der Waals surface area (Å²) in [5.41, 5.74) is 1.24. The van der Waals surface area contributed by atoms with Crippen LogP contribution in [0.5, 0.6) is 0 Å². The van der Waals surface area contributed by atoms with Gasteiger partial charge in [-0.05, 0) is 18.2 Å². The van der Waals surface area contributed by atoms with Crippen LogP contribution < -0.4 is 10.2 Å². The highest BCUT2D eigenvalue weighted by atomic mass is 35.5. The molecule has 1 aliphatic rings. The number of nitrogens with one attached hydrogen (secondary N) is 1. The number of nitrogens with zero attached hydrogens (tertiary/aromatic N) is 2. The van der Waals surface area contributed by atoms with Crippen LogP contribution >= 0.6 is 11.6 Å². The molecule has 1 heterocycles. The summed E-state index contributed by atoms with van der Waals surface area (Å²) in [6.07, 6.45) is 0. The van der Waals surface area contributed by atoms with E-state index in [0.717, 1.165) is 0 Å². The zero-order chi connectivity index (χ0) is 13.3. The number of fused-ring (bicyclic) bond motifs is 1. The third-order valence-electron chi connectivity index (χ3n) is 2.68. The number of rotatable bonds is 2. The second-order valence-electron chi connectivity index (χ2n) is 3.92. The molecule has 1 N–H and O–H groups in total. The number of hydrogen-bond acceptors (Lipinski definition) is 3. The molecule has 0 aliphatic carbocycles. The maximum atomic E-state index is 12.1. The second-order valence-corrected chi connectivity index (χ2v) is 4.36. The Kier molecular flexibility index (Phi) is 3.21. The Morgan fingerprint density at radius 2 is 2.33 bits per heavy atom. The fraction of sp³-hybridized carbons (Fsp3) is 0.250. The molecule has 0 fully saturated rings. The summed E-state index contributed by atoms with van der Waals surface area (Å²) in [7, 11) is 0. The average molecular weight is 264 g/mol.